The first-order valence-corrected chi connectivity index (χ1v) is 10.2. The molecule has 27 heavy (non-hydrogen) atoms. The number of aliphatic hydroxyl groups is 1. The van der Waals surface area contributed by atoms with Gasteiger partial charge in [-0.2, -0.15) is 0 Å². The van der Waals surface area contributed by atoms with E-state index in [1.165, 1.54) is 0 Å². The molecule has 0 amide bonds. The Bertz CT molecular complexity index is 530. The van der Waals surface area contributed by atoms with Crippen LogP contribution in [0.15, 0.2) is 35.3 Å². The van der Waals surface area contributed by atoms with E-state index in [1.54, 1.807) is 7.11 Å². The van der Waals surface area contributed by atoms with Crippen LogP contribution in [0.1, 0.15) is 31.7 Å². The van der Waals surface area contributed by atoms with Crippen molar-refractivity contribution in [3.05, 3.63) is 35.9 Å². The minimum absolute atomic E-state index is 0.403. The van der Waals surface area contributed by atoms with Crippen molar-refractivity contribution in [2.45, 2.75) is 44.8 Å². The second-order valence-corrected chi connectivity index (χ2v) is 7.17. The normalized spacial score (nSPS) is 17.7. The molecule has 1 unspecified atom stereocenters. The van der Waals surface area contributed by atoms with Gasteiger partial charge in [0.2, 0.25) is 0 Å². The van der Waals surface area contributed by atoms with Crippen molar-refractivity contribution in [3.63, 3.8) is 0 Å². The molecule has 0 radical (unpaired) electrons. The molecule has 1 heterocycles. The fourth-order valence-electron chi connectivity index (χ4n) is 3.39. The van der Waals surface area contributed by atoms with E-state index in [1.807, 2.05) is 30.3 Å². The van der Waals surface area contributed by atoms with Gasteiger partial charge in [-0.25, -0.2) is 0 Å². The molecule has 1 saturated heterocycles. The van der Waals surface area contributed by atoms with Crippen molar-refractivity contribution in [3.8, 4) is 0 Å². The largest absolute Gasteiger partial charge is 0.391 e. The Morgan fingerprint density at radius 3 is 2.70 bits per heavy atom. The van der Waals surface area contributed by atoms with Crippen molar-refractivity contribution in [2.24, 2.45) is 4.99 Å². The van der Waals surface area contributed by atoms with Crippen molar-refractivity contribution >= 4 is 5.96 Å². The van der Waals surface area contributed by atoms with Crippen LogP contribution in [0.2, 0.25) is 0 Å². The van der Waals surface area contributed by atoms with Gasteiger partial charge >= 0.3 is 0 Å². The summed E-state index contributed by atoms with van der Waals surface area (Å²) in [5, 5.41) is 17.1. The van der Waals surface area contributed by atoms with Gasteiger partial charge in [-0.3, -0.25) is 4.99 Å². The van der Waals surface area contributed by atoms with Gasteiger partial charge in [0.05, 0.1) is 12.6 Å². The summed E-state index contributed by atoms with van der Waals surface area (Å²) in [7, 11) is 1.76. The topological polar surface area (TPSA) is 69.1 Å². The molecule has 1 fully saturated rings. The lowest BCUT2D eigenvalue weighted by atomic mass is 10.1. The maximum absolute atomic E-state index is 10.3. The quantitative estimate of drug-likeness (QED) is 0.329. The van der Waals surface area contributed by atoms with Crippen molar-refractivity contribution in [1.82, 2.24) is 15.5 Å². The molecule has 0 saturated carbocycles. The second-order valence-electron chi connectivity index (χ2n) is 7.17. The molecule has 1 aliphatic rings. The molecule has 6 heteroatoms. The fraction of sp³-hybridized carbons (Fsp3) is 0.667. The van der Waals surface area contributed by atoms with Crippen LogP contribution in [0.5, 0.6) is 0 Å². The van der Waals surface area contributed by atoms with E-state index in [2.05, 4.69) is 27.4 Å². The van der Waals surface area contributed by atoms with E-state index < -0.39 is 6.10 Å². The molecule has 6 nitrogen and oxygen atoms in total. The van der Waals surface area contributed by atoms with Gasteiger partial charge in [-0.1, -0.05) is 30.3 Å². The lowest BCUT2D eigenvalue weighted by Crippen LogP contribution is -2.49. The van der Waals surface area contributed by atoms with E-state index in [9.17, 15) is 5.11 Å². The average Bonchev–Trinajstić information content (AvgIpc) is 2.69. The SMILES string of the molecule is CCNC(=NCC(O)Cc1ccccc1)NC1CCN(CCCOC)CC1. The highest BCUT2D eigenvalue weighted by atomic mass is 16.5. The molecule has 1 aromatic rings. The summed E-state index contributed by atoms with van der Waals surface area (Å²) in [5.41, 5.74) is 1.14. The standard InChI is InChI=1S/C21H36N4O2/c1-3-22-21(23-17-20(26)16-18-8-5-4-6-9-18)24-19-10-13-25(14-11-19)12-7-15-27-2/h4-6,8-9,19-20,26H,3,7,10-17H2,1-2H3,(H2,22,23,24). The third kappa shape index (κ3) is 8.73. The zero-order chi connectivity index (χ0) is 19.3. The Labute approximate surface area is 164 Å². The maximum Gasteiger partial charge on any atom is 0.191 e. The van der Waals surface area contributed by atoms with Crippen molar-refractivity contribution < 1.29 is 9.84 Å². The van der Waals surface area contributed by atoms with Crippen LogP contribution in [0, 0.1) is 0 Å². The number of piperidine rings is 1. The number of guanidine groups is 1. The predicted octanol–water partition coefficient (Wildman–Crippen LogP) is 1.65. The minimum Gasteiger partial charge on any atom is -0.391 e. The molecule has 0 spiro atoms. The summed E-state index contributed by atoms with van der Waals surface area (Å²) in [6, 6.07) is 10.5. The van der Waals surface area contributed by atoms with E-state index in [0.717, 1.165) is 63.6 Å². The highest BCUT2D eigenvalue weighted by Crippen LogP contribution is 2.10. The van der Waals surface area contributed by atoms with E-state index >= 15 is 0 Å². The highest BCUT2D eigenvalue weighted by molar-refractivity contribution is 5.80. The lowest BCUT2D eigenvalue weighted by Gasteiger charge is -2.33. The molecule has 1 aliphatic heterocycles. The summed E-state index contributed by atoms with van der Waals surface area (Å²) >= 11 is 0. The van der Waals surface area contributed by atoms with Crippen LogP contribution in [-0.2, 0) is 11.2 Å². The first-order chi connectivity index (χ1) is 13.2. The van der Waals surface area contributed by atoms with Crippen LogP contribution in [0.3, 0.4) is 0 Å². The predicted molar refractivity (Wildman–Crippen MR) is 111 cm³/mol. The summed E-state index contributed by atoms with van der Waals surface area (Å²) in [5.74, 6) is 0.808. The molecule has 1 aromatic carbocycles. The molecular formula is C21H36N4O2. The molecule has 152 valence electrons. The van der Waals surface area contributed by atoms with Gasteiger partial charge < -0.3 is 25.4 Å². The van der Waals surface area contributed by atoms with Gasteiger partial charge in [-0.05, 0) is 31.7 Å². The number of aliphatic hydroxyl groups excluding tert-OH is 1. The van der Waals surface area contributed by atoms with Crippen molar-refractivity contribution in [1.29, 1.82) is 0 Å². The molecule has 0 aromatic heterocycles. The second kappa shape index (κ2) is 12.7. The summed E-state index contributed by atoms with van der Waals surface area (Å²) in [4.78, 5) is 7.10. The van der Waals surface area contributed by atoms with E-state index in [-0.39, 0.29) is 0 Å². The summed E-state index contributed by atoms with van der Waals surface area (Å²) in [6.45, 7) is 7.45. The van der Waals surface area contributed by atoms with E-state index in [0.29, 0.717) is 19.0 Å². The Morgan fingerprint density at radius 1 is 1.30 bits per heavy atom. The monoisotopic (exact) mass is 376 g/mol. The molecule has 0 aliphatic carbocycles. The van der Waals surface area contributed by atoms with Crippen LogP contribution < -0.4 is 10.6 Å². The lowest BCUT2D eigenvalue weighted by molar-refractivity contribution is 0.155. The number of nitrogens with one attached hydrogen (secondary N) is 2. The number of aliphatic imine (C=N–C) groups is 1. The minimum atomic E-state index is -0.467. The Kier molecular flexibility index (Phi) is 10.2. The average molecular weight is 377 g/mol. The van der Waals surface area contributed by atoms with Gasteiger partial charge in [0.25, 0.3) is 0 Å². The van der Waals surface area contributed by atoms with Crippen LogP contribution in [-0.4, -0.2) is 74.6 Å². The third-order valence-electron chi connectivity index (χ3n) is 4.87. The molecule has 3 N–H and O–H groups in total. The highest BCUT2D eigenvalue weighted by Gasteiger charge is 2.19. The van der Waals surface area contributed by atoms with Crippen LogP contribution in [0.25, 0.3) is 0 Å². The van der Waals surface area contributed by atoms with E-state index in [4.69, 9.17) is 4.74 Å². The Hall–Kier alpha value is -1.63. The molecule has 0 bridgehead atoms. The summed E-state index contributed by atoms with van der Waals surface area (Å²) in [6.07, 6.45) is 3.49. The van der Waals surface area contributed by atoms with Crippen LogP contribution >= 0.6 is 0 Å². The number of rotatable bonds is 10. The fourth-order valence-corrected chi connectivity index (χ4v) is 3.39. The number of nitrogens with zero attached hydrogens (tertiary/aromatic N) is 2. The van der Waals surface area contributed by atoms with Gasteiger partial charge in [0.15, 0.2) is 5.96 Å². The summed E-state index contributed by atoms with van der Waals surface area (Å²) < 4.78 is 5.13. The van der Waals surface area contributed by atoms with Gasteiger partial charge in [-0.15, -0.1) is 0 Å². The Balaban J connectivity index is 1.75. The zero-order valence-electron chi connectivity index (χ0n) is 16.9. The maximum atomic E-state index is 10.3. The zero-order valence-corrected chi connectivity index (χ0v) is 16.9. The first-order valence-electron chi connectivity index (χ1n) is 10.2. The van der Waals surface area contributed by atoms with Crippen molar-refractivity contribution in [2.75, 3.05) is 46.4 Å². The van der Waals surface area contributed by atoms with Gasteiger partial charge in [0, 0.05) is 52.4 Å². The number of methoxy groups -OCH3 is 1. The number of hydrogen-bond acceptors (Lipinski definition) is 4. The number of ether oxygens (including phenoxy) is 1. The first kappa shape index (κ1) is 21.7. The Morgan fingerprint density at radius 2 is 2.04 bits per heavy atom. The number of hydrogen-bond donors (Lipinski definition) is 3. The number of likely N-dealkylation sites (tertiary alicyclic amines) is 1. The van der Waals surface area contributed by atoms with Crippen LogP contribution in [0.4, 0.5) is 0 Å². The molecule has 1 atom stereocenters. The molecular weight excluding hydrogens is 340 g/mol. The van der Waals surface area contributed by atoms with Gasteiger partial charge in [0.1, 0.15) is 0 Å². The number of benzene rings is 1. The molecule has 2 rings (SSSR count). The third-order valence-corrected chi connectivity index (χ3v) is 4.87. The smallest absolute Gasteiger partial charge is 0.191 e.